The number of carbonyl (C=O) groups excluding carboxylic acids is 1. The normalized spacial score (nSPS) is 16.8. The van der Waals surface area contributed by atoms with Gasteiger partial charge in [0.2, 0.25) is 0 Å². The number of hydrogen-bond donors (Lipinski definition) is 0. The first kappa shape index (κ1) is 17.8. The number of rotatable bonds is 7. The van der Waals surface area contributed by atoms with Crippen LogP contribution in [0.25, 0.3) is 0 Å². The topological polar surface area (TPSA) is 51.9 Å². The quantitative estimate of drug-likeness (QED) is 0.750. The fraction of sp³-hybridized carbons (Fsp3) is 0.421. The number of nitrogens with zero attached hydrogens (tertiary/aromatic N) is 1. The summed E-state index contributed by atoms with van der Waals surface area (Å²) in [5.74, 6) is 2.11. The van der Waals surface area contributed by atoms with Gasteiger partial charge in [0.05, 0.1) is 12.6 Å². The molecule has 134 valence electrons. The fourth-order valence-corrected chi connectivity index (χ4v) is 2.94. The molecular weight excluding hydrogens is 342 g/mol. The van der Waals surface area contributed by atoms with Gasteiger partial charge in [0.25, 0.3) is 5.91 Å². The number of amides is 1. The van der Waals surface area contributed by atoms with Crippen molar-refractivity contribution in [3.63, 3.8) is 0 Å². The van der Waals surface area contributed by atoms with Crippen LogP contribution < -0.4 is 4.74 Å². The molecule has 0 unspecified atom stereocenters. The average molecular weight is 364 g/mol. The molecule has 1 aromatic carbocycles. The molecule has 1 aromatic heterocycles. The molecule has 2 heterocycles. The highest BCUT2D eigenvalue weighted by atomic mass is 35.5. The summed E-state index contributed by atoms with van der Waals surface area (Å²) in [6, 6.07) is 10.7. The molecule has 0 bridgehead atoms. The molecule has 25 heavy (non-hydrogen) atoms. The van der Waals surface area contributed by atoms with Crippen molar-refractivity contribution in [2.75, 3.05) is 19.8 Å². The molecule has 0 spiro atoms. The van der Waals surface area contributed by atoms with Gasteiger partial charge in [-0.1, -0.05) is 11.6 Å². The molecular formula is C19H22ClNO4. The summed E-state index contributed by atoms with van der Waals surface area (Å²) in [5, 5.41) is 0.631. The van der Waals surface area contributed by atoms with Crippen LogP contribution >= 0.6 is 11.6 Å². The van der Waals surface area contributed by atoms with Crippen LogP contribution in [-0.4, -0.2) is 36.7 Å². The van der Waals surface area contributed by atoms with E-state index in [1.807, 2.05) is 19.1 Å². The molecule has 6 heteroatoms. The van der Waals surface area contributed by atoms with Crippen LogP contribution in [0.3, 0.4) is 0 Å². The second kappa shape index (κ2) is 8.41. The highest BCUT2D eigenvalue weighted by Crippen LogP contribution is 2.18. The van der Waals surface area contributed by atoms with Crippen molar-refractivity contribution in [3.05, 3.63) is 52.9 Å². The van der Waals surface area contributed by atoms with Crippen molar-refractivity contribution in [2.45, 2.75) is 32.4 Å². The van der Waals surface area contributed by atoms with Crippen molar-refractivity contribution in [1.82, 2.24) is 4.90 Å². The van der Waals surface area contributed by atoms with Gasteiger partial charge in [-0.05, 0) is 56.2 Å². The van der Waals surface area contributed by atoms with E-state index < -0.39 is 0 Å². The Hall–Kier alpha value is -1.98. The number of furan rings is 1. The minimum atomic E-state index is -0.0977. The summed E-state index contributed by atoms with van der Waals surface area (Å²) in [7, 11) is 0. The van der Waals surface area contributed by atoms with E-state index in [1.165, 1.54) is 0 Å². The zero-order chi connectivity index (χ0) is 17.6. The van der Waals surface area contributed by atoms with Crippen molar-refractivity contribution >= 4 is 17.5 Å². The van der Waals surface area contributed by atoms with Crippen molar-refractivity contribution in [2.24, 2.45) is 0 Å². The van der Waals surface area contributed by atoms with Gasteiger partial charge in [0, 0.05) is 18.2 Å². The molecule has 1 aliphatic rings. The maximum atomic E-state index is 12.7. The minimum Gasteiger partial charge on any atom is -0.484 e. The lowest BCUT2D eigenvalue weighted by molar-refractivity contribution is -0.135. The Morgan fingerprint density at radius 2 is 2.08 bits per heavy atom. The second-order valence-corrected chi connectivity index (χ2v) is 6.60. The van der Waals surface area contributed by atoms with E-state index >= 15 is 0 Å². The lowest BCUT2D eigenvalue weighted by Crippen LogP contribution is -2.39. The third-order valence-corrected chi connectivity index (χ3v) is 4.37. The van der Waals surface area contributed by atoms with Gasteiger partial charge in [-0.25, -0.2) is 0 Å². The predicted molar refractivity (Wildman–Crippen MR) is 94.8 cm³/mol. The Morgan fingerprint density at radius 3 is 2.72 bits per heavy atom. The van der Waals surface area contributed by atoms with Crippen LogP contribution in [0.5, 0.6) is 5.75 Å². The maximum absolute atomic E-state index is 12.7. The molecule has 1 fully saturated rings. The molecule has 0 aliphatic carbocycles. The standard InChI is InChI=1S/C19H22ClNO4/c1-14-4-7-18(25-14)12-21(11-17-3-2-10-23-17)19(22)13-24-16-8-5-15(20)6-9-16/h4-9,17H,2-3,10-13H2,1H3/t17-/m0/s1. The van der Waals surface area contributed by atoms with Crippen molar-refractivity contribution in [1.29, 1.82) is 0 Å². The van der Waals surface area contributed by atoms with E-state index in [0.717, 1.165) is 31.0 Å². The Labute approximate surface area is 152 Å². The zero-order valence-corrected chi connectivity index (χ0v) is 15.0. The van der Waals surface area contributed by atoms with Gasteiger partial charge in [0.15, 0.2) is 6.61 Å². The van der Waals surface area contributed by atoms with E-state index in [0.29, 0.717) is 23.9 Å². The molecule has 0 N–H and O–H groups in total. The van der Waals surface area contributed by atoms with E-state index in [-0.39, 0.29) is 18.6 Å². The Kier molecular flexibility index (Phi) is 6.00. The first-order chi connectivity index (χ1) is 12.1. The fourth-order valence-electron chi connectivity index (χ4n) is 2.81. The molecule has 1 amide bonds. The van der Waals surface area contributed by atoms with Crippen LogP contribution in [0.4, 0.5) is 0 Å². The Bertz CT molecular complexity index is 692. The van der Waals surface area contributed by atoms with E-state index in [9.17, 15) is 4.79 Å². The molecule has 2 aromatic rings. The van der Waals surface area contributed by atoms with E-state index in [1.54, 1.807) is 29.2 Å². The van der Waals surface area contributed by atoms with Crippen LogP contribution in [0.2, 0.25) is 5.02 Å². The van der Waals surface area contributed by atoms with Gasteiger partial charge >= 0.3 is 0 Å². The summed E-state index contributed by atoms with van der Waals surface area (Å²) in [6.45, 7) is 3.57. The number of benzene rings is 1. The summed E-state index contributed by atoms with van der Waals surface area (Å²) in [4.78, 5) is 14.4. The maximum Gasteiger partial charge on any atom is 0.261 e. The number of halogens is 1. The van der Waals surface area contributed by atoms with Crippen LogP contribution in [0, 0.1) is 6.92 Å². The molecule has 5 nitrogen and oxygen atoms in total. The summed E-state index contributed by atoms with van der Waals surface area (Å²) in [6.07, 6.45) is 2.09. The second-order valence-electron chi connectivity index (χ2n) is 6.16. The van der Waals surface area contributed by atoms with Crippen molar-refractivity contribution < 1.29 is 18.7 Å². The monoisotopic (exact) mass is 363 g/mol. The first-order valence-corrected chi connectivity index (χ1v) is 8.81. The third-order valence-electron chi connectivity index (χ3n) is 4.12. The van der Waals surface area contributed by atoms with Gasteiger partial charge in [-0.3, -0.25) is 4.79 Å². The van der Waals surface area contributed by atoms with Gasteiger partial charge in [-0.2, -0.15) is 0 Å². The largest absolute Gasteiger partial charge is 0.484 e. The highest BCUT2D eigenvalue weighted by Gasteiger charge is 2.24. The molecule has 1 atom stereocenters. The molecule has 3 rings (SSSR count). The van der Waals surface area contributed by atoms with Crippen LogP contribution in [0.15, 0.2) is 40.8 Å². The van der Waals surface area contributed by atoms with E-state index in [2.05, 4.69) is 0 Å². The summed E-state index contributed by atoms with van der Waals surface area (Å²) in [5.41, 5.74) is 0. The minimum absolute atomic E-state index is 0.0337. The molecule has 0 saturated carbocycles. The average Bonchev–Trinajstić information content (AvgIpc) is 3.25. The first-order valence-electron chi connectivity index (χ1n) is 8.43. The van der Waals surface area contributed by atoms with Crippen LogP contribution in [0.1, 0.15) is 24.4 Å². The Morgan fingerprint density at radius 1 is 1.28 bits per heavy atom. The SMILES string of the molecule is Cc1ccc(CN(C[C@@H]2CCCO2)C(=O)COc2ccc(Cl)cc2)o1. The molecule has 0 radical (unpaired) electrons. The van der Waals surface area contributed by atoms with Gasteiger partial charge in [-0.15, -0.1) is 0 Å². The van der Waals surface area contributed by atoms with Crippen molar-refractivity contribution in [3.8, 4) is 5.75 Å². The van der Waals surface area contributed by atoms with Gasteiger partial charge in [0.1, 0.15) is 17.3 Å². The zero-order valence-electron chi connectivity index (χ0n) is 14.2. The number of ether oxygens (including phenoxy) is 2. The molecule has 1 aliphatic heterocycles. The number of carbonyl (C=O) groups is 1. The predicted octanol–water partition coefficient (Wildman–Crippen LogP) is 3.83. The lowest BCUT2D eigenvalue weighted by Gasteiger charge is -2.24. The molecule has 1 saturated heterocycles. The summed E-state index contributed by atoms with van der Waals surface area (Å²) >= 11 is 5.86. The highest BCUT2D eigenvalue weighted by molar-refractivity contribution is 6.30. The van der Waals surface area contributed by atoms with Gasteiger partial charge < -0.3 is 18.8 Å². The smallest absolute Gasteiger partial charge is 0.261 e. The number of aryl methyl sites for hydroxylation is 1. The number of hydrogen-bond acceptors (Lipinski definition) is 4. The Balaban J connectivity index is 1.61. The summed E-state index contributed by atoms with van der Waals surface area (Å²) < 4.78 is 16.9. The van der Waals surface area contributed by atoms with E-state index in [4.69, 9.17) is 25.5 Å². The van der Waals surface area contributed by atoms with Crippen LogP contribution in [-0.2, 0) is 16.1 Å². The third kappa shape index (κ3) is 5.25. The lowest BCUT2D eigenvalue weighted by atomic mass is 10.2.